The maximum atomic E-state index is 13.5. The van der Waals surface area contributed by atoms with Crippen LogP contribution in [0, 0.1) is 0 Å². The number of rotatable bonds is 5. The first kappa shape index (κ1) is 24.0. The normalized spacial score (nSPS) is 17.4. The highest BCUT2D eigenvalue weighted by Crippen LogP contribution is 2.50. The van der Waals surface area contributed by atoms with E-state index in [0.29, 0.717) is 18.7 Å². The van der Waals surface area contributed by atoms with Crippen molar-refractivity contribution in [3.8, 4) is 0 Å². The van der Waals surface area contributed by atoms with E-state index >= 15 is 0 Å². The second kappa shape index (κ2) is 7.92. The largest absolute Gasteiger partial charge is 0.501 e. The number of fused-ring (bicyclic) bond motifs is 1. The molecule has 1 saturated carbocycles. The van der Waals surface area contributed by atoms with E-state index in [1.54, 1.807) is 0 Å². The molecule has 2 aromatic carbocycles. The average molecular weight is 519 g/mol. The van der Waals surface area contributed by atoms with E-state index in [1.807, 2.05) is 49.3 Å². The lowest BCUT2D eigenvalue weighted by molar-refractivity contribution is -0.120. The number of para-hydroxylation sites is 1. The van der Waals surface area contributed by atoms with Crippen LogP contribution in [0.5, 0.6) is 0 Å². The molecule has 12 heteroatoms. The van der Waals surface area contributed by atoms with Gasteiger partial charge in [-0.1, -0.05) is 18.2 Å². The Morgan fingerprint density at radius 3 is 2.25 bits per heavy atom. The lowest BCUT2D eigenvalue weighted by Gasteiger charge is -2.23. The Balaban J connectivity index is 1.50. The van der Waals surface area contributed by atoms with Crippen molar-refractivity contribution in [2.24, 2.45) is 0 Å². The summed E-state index contributed by atoms with van der Waals surface area (Å²) in [5, 5.41) is 0.833. The van der Waals surface area contributed by atoms with Gasteiger partial charge < -0.3 is 9.80 Å². The molecule has 0 bridgehead atoms. The molecule has 0 radical (unpaired) electrons. The molecule has 3 amide bonds. The summed E-state index contributed by atoms with van der Waals surface area (Å²) in [7, 11) is -1.86. The molecule has 3 aromatic rings. The Kier molecular flexibility index (Phi) is 5.29. The second-order valence-electron chi connectivity index (χ2n) is 9.04. The van der Waals surface area contributed by atoms with Crippen LogP contribution in [0.15, 0.2) is 59.5 Å². The third kappa shape index (κ3) is 3.58. The van der Waals surface area contributed by atoms with Gasteiger partial charge in [-0.25, -0.2) is 23.1 Å². The predicted octanol–water partition coefficient (Wildman–Crippen LogP) is 4.10. The Morgan fingerprint density at radius 2 is 1.67 bits per heavy atom. The summed E-state index contributed by atoms with van der Waals surface area (Å²) < 4.78 is 62.0. The Labute approximate surface area is 204 Å². The lowest BCUT2D eigenvalue weighted by atomic mass is 10.1. The van der Waals surface area contributed by atoms with Crippen LogP contribution in [0.4, 0.5) is 29.5 Å². The monoisotopic (exact) mass is 518 g/mol. The Hall–Kier alpha value is -3.67. The van der Waals surface area contributed by atoms with Gasteiger partial charge in [-0.05, 0) is 54.8 Å². The Morgan fingerprint density at radius 1 is 1.03 bits per heavy atom. The van der Waals surface area contributed by atoms with E-state index in [-0.39, 0.29) is 12.2 Å². The number of halogens is 3. The molecule has 2 fully saturated rings. The highest BCUT2D eigenvalue weighted by atomic mass is 32.2. The van der Waals surface area contributed by atoms with E-state index in [0.717, 1.165) is 45.6 Å². The van der Waals surface area contributed by atoms with Gasteiger partial charge in [-0.15, -0.1) is 0 Å². The van der Waals surface area contributed by atoms with Crippen LogP contribution in [-0.2, 0) is 21.2 Å². The zero-order chi connectivity index (χ0) is 26.0. The van der Waals surface area contributed by atoms with Gasteiger partial charge in [-0.2, -0.15) is 13.2 Å². The molecule has 0 atom stereocenters. The third-order valence-electron chi connectivity index (χ3n) is 6.55. The maximum absolute atomic E-state index is 13.5. The van der Waals surface area contributed by atoms with Crippen LogP contribution >= 0.6 is 0 Å². The number of benzene rings is 2. The van der Waals surface area contributed by atoms with E-state index < -0.39 is 37.7 Å². The molecule has 36 heavy (non-hydrogen) atoms. The molecule has 1 saturated heterocycles. The van der Waals surface area contributed by atoms with Gasteiger partial charge in [0.25, 0.3) is 15.7 Å². The molecular formula is C24H21F3N4O4S. The number of nitrogens with zero attached hydrogens (tertiary/aromatic N) is 4. The van der Waals surface area contributed by atoms with Crippen LogP contribution in [0.2, 0.25) is 0 Å². The summed E-state index contributed by atoms with van der Waals surface area (Å²) in [5.74, 6) is 0.204. The van der Waals surface area contributed by atoms with Gasteiger partial charge in [0.05, 0.1) is 16.1 Å². The van der Waals surface area contributed by atoms with E-state index in [2.05, 4.69) is 4.98 Å². The summed E-state index contributed by atoms with van der Waals surface area (Å²) in [6.45, 7) is 0.130. The summed E-state index contributed by atoms with van der Waals surface area (Å²) in [4.78, 5) is 34.7. The SMILES string of the molecule is CN(C)c1cc(CN2C(=O)N(c3ccc(S(=O)(=O)C(F)(F)F)cc3)C(=O)C23CC3)c2ccccc2n1. The molecule has 2 heterocycles. The van der Waals surface area contributed by atoms with Crippen molar-refractivity contribution in [1.29, 1.82) is 0 Å². The van der Waals surface area contributed by atoms with Crippen LogP contribution in [0.3, 0.4) is 0 Å². The lowest BCUT2D eigenvalue weighted by Crippen LogP contribution is -2.36. The number of carbonyl (C=O) groups is 2. The molecule has 5 rings (SSSR count). The first-order valence-electron chi connectivity index (χ1n) is 11.0. The number of imide groups is 1. The topological polar surface area (TPSA) is 90.9 Å². The first-order chi connectivity index (χ1) is 16.9. The van der Waals surface area contributed by atoms with Crippen molar-refractivity contribution in [3.05, 3.63) is 60.2 Å². The number of sulfone groups is 1. The summed E-state index contributed by atoms with van der Waals surface area (Å²) in [6.07, 6.45) is 0.913. The van der Waals surface area contributed by atoms with Crippen molar-refractivity contribution >= 4 is 44.2 Å². The fourth-order valence-corrected chi connectivity index (χ4v) is 5.19. The van der Waals surface area contributed by atoms with Gasteiger partial charge in [0.15, 0.2) is 0 Å². The smallest absolute Gasteiger partial charge is 0.363 e. The van der Waals surface area contributed by atoms with Crippen molar-refractivity contribution < 1.29 is 31.2 Å². The summed E-state index contributed by atoms with van der Waals surface area (Å²) in [6, 6.07) is 12.3. The van der Waals surface area contributed by atoms with Crippen LogP contribution in [0.25, 0.3) is 10.9 Å². The molecule has 0 unspecified atom stereocenters. The zero-order valence-corrected chi connectivity index (χ0v) is 20.1. The molecule has 2 aliphatic rings. The highest BCUT2D eigenvalue weighted by Gasteiger charge is 2.65. The molecule has 8 nitrogen and oxygen atoms in total. The number of anilines is 2. The van der Waals surface area contributed by atoms with Gasteiger partial charge in [-0.3, -0.25) is 4.79 Å². The minimum absolute atomic E-state index is 0.00784. The molecule has 1 aliphatic heterocycles. The summed E-state index contributed by atoms with van der Waals surface area (Å²) in [5.41, 5.74) is -4.95. The summed E-state index contributed by atoms with van der Waals surface area (Å²) >= 11 is 0. The van der Waals surface area contributed by atoms with Gasteiger partial charge >= 0.3 is 11.5 Å². The standard InChI is InChI=1S/C24H21F3N4O4S/c1-29(2)20-13-15(18-5-3-4-6-19(18)28-20)14-30-22(33)31(21(32)23(30)11-12-23)16-7-9-17(10-8-16)36(34,35)24(25,26)27/h3-10,13H,11-12,14H2,1-2H3. The van der Waals surface area contributed by atoms with Crippen LogP contribution in [0.1, 0.15) is 18.4 Å². The second-order valence-corrected chi connectivity index (χ2v) is 11.0. The number of hydrogen-bond acceptors (Lipinski definition) is 6. The van der Waals surface area contributed by atoms with E-state index in [9.17, 15) is 31.2 Å². The quantitative estimate of drug-likeness (QED) is 0.473. The predicted molar refractivity (Wildman–Crippen MR) is 126 cm³/mol. The third-order valence-corrected chi connectivity index (χ3v) is 8.05. The minimum atomic E-state index is -5.55. The number of carbonyl (C=O) groups excluding carboxylic acids is 2. The number of pyridine rings is 1. The van der Waals surface area contributed by atoms with Crippen molar-refractivity contribution in [1.82, 2.24) is 9.88 Å². The van der Waals surface area contributed by atoms with Gasteiger partial charge in [0.1, 0.15) is 11.4 Å². The maximum Gasteiger partial charge on any atom is 0.501 e. The van der Waals surface area contributed by atoms with Crippen molar-refractivity contribution in [2.75, 3.05) is 23.9 Å². The molecule has 1 aromatic heterocycles. The molecule has 188 valence electrons. The number of aromatic nitrogens is 1. The highest BCUT2D eigenvalue weighted by molar-refractivity contribution is 7.92. The number of urea groups is 1. The van der Waals surface area contributed by atoms with E-state index in [4.69, 9.17) is 0 Å². The van der Waals surface area contributed by atoms with Crippen LogP contribution in [-0.4, -0.2) is 55.4 Å². The number of amides is 3. The van der Waals surface area contributed by atoms with Crippen molar-refractivity contribution in [3.63, 3.8) is 0 Å². The zero-order valence-electron chi connectivity index (χ0n) is 19.3. The van der Waals surface area contributed by atoms with Crippen LogP contribution < -0.4 is 9.80 Å². The molecule has 1 spiro atoms. The van der Waals surface area contributed by atoms with E-state index in [1.165, 1.54) is 4.90 Å². The van der Waals surface area contributed by atoms with Gasteiger partial charge in [0.2, 0.25) is 0 Å². The number of hydrogen-bond donors (Lipinski definition) is 0. The Bertz CT molecular complexity index is 1500. The molecular weight excluding hydrogens is 497 g/mol. The molecule has 0 N–H and O–H groups in total. The van der Waals surface area contributed by atoms with Gasteiger partial charge in [0, 0.05) is 26.0 Å². The van der Waals surface area contributed by atoms with Crippen molar-refractivity contribution in [2.45, 2.75) is 35.3 Å². The number of alkyl halides is 3. The average Bonchev–Trinajstić information content (AvgIpc) is 3.60. The molecule has 1 aliphatic carbocycles. The first-order valence-corrected chi connectivity index (χ1v) is 12.5. The fourth-order valence-electron chi connectivity index (χ4n) is 4.43. The fraction of sp³-hybridized carbons (Fsp3) is 0.292. The minimum Gasteiger partial charge on any atom is -0.363 e.